The van der Waals surface area contributed by atoms with Crippen LogP contribution >= 0.6 is 0 Å². The Morgan fingerprint density at radius 3 is 2.86 bits per heavy atom. The van der Waals surface area contributed by atoms with Crippen molar-refractivity contribution in [3.63, 3.8) is 0 Å². The van der Waals surface area contributed by atoms with Gasteiger partial charge in [0.05, 0.1) is 7.11 Å². The van der Waals surface area contributed by atoms with Gasteiger partial charge in [-0.3, -0.25) is 0 Å². The van der Waals surface area contributed by atoms with E-state index in [0.29, 0.717) is 11.3 Å². The minimum atomic E-state index is -0.435. The van der Waals surface area contributed by atoms with Gasteiger partial charge in [0.2, 0.25) is 0 Å². The van der Waals surface area contributed by atoms with Crippen LogP contribution in [0.1, 0.15) is 10.4 Å². The highest BCUT2D eigenvalue weighted by Crippen LogP contribution is 2.26. The molecule has 0 aromatic heterocycles. The zero-order valence-corrected chi connectivity index (χ0v) is 7.52. The Balaban J connectivity index is 2.38. The van der Waals surface area contributed by atoms with Crippen LogP contribution in [-0.4, -0.2) is 13.1 Å². The Bertz CT molecular complexity index is 395. The molecule has 1 aromatic rings. The number of fused-ring (bicyclic) bond motifs is 1. The molecule has 0 aliphatic carbocycles. The summed E-state index contributed by atoms with van der Waals surface area (Å²) in [6, 6.07) is 6.86. The van der Waals surface area contributed by atoms with Gasteiger partial charge >= 0.3 is 11.9 Å². The third kappa shape index (κ3) is 1.42. The van der Waals surface area contributed by atoms with E-state index in [1.807, 2.05) is 0 Å². The van der Waals surface area contributed by atoms with E-state index in [1.165, 1.54) is 13.4 Å². The number of carbonyl (C=O) groups excluding carboxylic acids is 1. The molecule has 0 amide bonds. The first-order valence-electron chi connectivity index (χ1n) is 4.03. The van der Waals surface area contributed by atoms with Crippen molar-refractivity contribution in [2.45, 2.75) is 0 Å². The molecule has 0 bridgehead atoms. The topological polar surface area (TPSA) is 44.8 Å². The van der Waals surface area contributed by atoms with E-state index < -0.39 is 5.97 Å². The minimum absolute atomic E-state index is 0.0520. The van der Waals surface area contributed by atoms with Crippen LogP contribution in [0.5, 0.6) is 5.75 Å². The van der Waals surface area contributed by atoms with Gasteiger partial charge in [0, 0.05) is 0 Å². The summed E-state index contributed by atoms with van der Waals surface area (Å²) >= 11 is 0. The SMILES string of the molecule is CO/C=C1\OC(=O)c2ccccc2O1. The van der Waals surface area contributed by atoms with E-state index >= 15 is 0 Å². The molecule has 0 radical (unpaired) electrons. The molecule has 4 nitrogen and oxygen atoms in total. The smallest absolute Gasteiger partial charge is 0.349 e. The second-order valence-electron chi connectivity index (χ2n) is 2.66. The van der Waals surface area contributed by atoms with Crippen LogP contribution in [-0.2, 0) is 9.47 Å². The summed E-state index contributed by atoms with van der Waals surface area (Å²) in [6.45, 7) is 0. The lowest BCUT2D eigenvalue weighted by Crippen LogP contribution is -2.16. The normalized spacial score (nSPS) is 16.9. The fraction of sp³-hybridized carbons (Fsp3) is 0.100. The molecule has 0 N–H and O–H groups in total. The lowest BCUT2D eigenvalue weighted by Gasteiger charge is -2.17. The van der Waals surface area contributed by atoms with E-state index in [4.69, 9.17) is 9.47 Å². The van der Waals surface area contributed by atoms with E-state index in [9.17, 15) is 4.79 Å². The molecule has 0 fully saturated rings. The maximum absolute atomic E-state index is 11.4. The van der Waals surface area contributed by atoms with Gasteiger partial charge in [-0.1, -0.05) is 12.1 Å². The van der Waals surface area contributed by atoms with Crippen LogP contribution in [0.15, 0.2) is 36.5 Å². The van der Waals surface area contributed by atoms with Crippen LogP contribution in [0.25, 0.3) is 0 Å². The second kappa shape index (κ2) is 3.41. The van der Waals surface area contributed by atoms with Gasteiger partial charge in [0.1, 0.15) is 11.3 Å². The largest absolute Gasteiger partial charge is 0.497 e. The third-order valence-corrected chi connectivity index (χ3v) is 1.72. The Kier molecular flexibility index (Phi) is 2.10. The molecule has 1 aliphatic heterocycles. The lowest BCUT2D eigenvalue weighted by atomic mass is 10.2. The van der Waals surface area contributed by atoms with Crippen molar-refractivity contribution in [3.8, 4) is 5.75 Å². The Hall–Kier alpha value is -1.97. The van der Waals surface area contributed by atoms with Gasteiger partial charge in [-0.05, 0) is 12.1 Å². The van der Waals surface area contributed by atoms with Crippen LogP contribution in [0.2, 0.25) is 0 Å². The van der Waals surface area contributed by atoms with Crippen molar-refractivity contribution < 1.29 is 19.0 Å². The van der Waals surface area contributed by atoms with Crippen molar-refractivity contribution in [1.29, 1.82) is 0 Å². The van der Waals surface area contributed by atoms with Crippen molar-refractivity contribution >= 4 is 5.97 Å². The average molecular weight is 192 g/mol. The number of hydrogen-bond acceptors (Lipinski definition) is 4. The average Bonchev–Trinajstić information content (AvgIpc) is 2.18. The van der Waals surface area contributed by atoms with E-state index in [1.54, 1.807) is 24.3 Å². The van der Waals surface area contributed by atoms with Crippen molar-refractivity contribution in [3.05, 3.63) is 42.0 Å². The van der Waals surface area contributed by atoms with Gasteiger partial charge in [-0.2, -0.15) is 0 Å². The molecule has 1 aromatic carbocycles. The summed E-state index contributed by atoms with van der Waals surface area (Å²) in [4.78, 5) is 11.4. The molecule has 14 heavy (non-hydrogen) atoms. The summed E-state index contributed by atoms with van der Waals surface area (Å²) in [6.07, 6.45) is 1.23. The van der Waals surface area contributed by atoms with Crippen LogP contribution < -0.4 is 4.74 Å². The maximum Gasteiger partial charge on any atom is 0.349 e. The molecule has 72 valence electrons. The fourth-order valence-corrected chi connectivity index (χ4v) is 1.14. The number of para-hydroxylation sites is 1. The van der Waals surface area contributed by atoms with Crippen LogP contribution in [0.3, 0.4) is 0 Å². The first-order valence-corrected chi connectivity index (χ1v) is 4.03. The van der Waals surface area contributed by atoms with Gasteiger partial charge in [0.25, 0.3) is 0 Å². The molecule has 1 aliphatic rings. The van der Waals surface area contributed by atoms with Gasteiger partial charge < -0.3 is 14.2 Å². The van der Waals surface area contributed by atoms with Crippen molar-refractivity contribution in [2.24, 2.45) is 0 Å². The molecule has 0 saturated carbocycles. The second-order valence-corrected chi connectivity index (χ2v) is 2.66. The fourth-order valence-electron chi connectivity index (χ4n) is 1.14. The molecule has 0 spiro atoms. The predicted octanol–water partition coefficient (Wildman–Crippen LogP) is 1.68. The highest BCUT2D eigenvalue weighted by atomic mass is 16.7. The zero-order chi connectivity index (χ0) is 9.97. The summed E-state index contributed by atoms with van der Waals surface area (Å²) in [5.74, 6) is 0.0957. The summed E-state index contributed by atoms with van der Waals surface area (Å²) in [5, 5.41) is 0. The number of rotatable bonds is 1. The quantitative estimate of drug-likeness (QED) is 0.501. The van der Waals surface area contributed by atoms with E-state index in [0.717, 1.165) is 0 Å². The van der Waals surface area contributed by atoms with Crippen molar-refractivity contribution in [2.75, 3.05) is 7.11 Å². The molecule has 0 unspecified atom stereocenters. The summed E-state index contributed by atoms with van der Waals surface area (Å²) < 4.78 is 14.7. The molecule has 1 heterocycles. The Morgan fingerprint density at radius 1 is 1.29 bits per heavy atom. The highest BCUT2D eigenvalue weighted by Gasteiger charge is 2.23. The first kappa shape index (κ1) is 8.62. The zero-order valence-electron chi connectivity index (χ0n) is 7.52. The number of hydrogen-bond donors (Lipinski definition) is 0. The number of benzene rings is 1. The number of ether oxygens (including phenoxy) is 3. The predicted molar refractivity (Wildman–Crippen MR) is 47.6 cm³/mol. The van der Waals surface area contributed by atoms with Gasteiger partial charge in [0.15, 0.2) is 6.26 Å². The molecular formula is C10H8O4. The Morgan fingerprint density at radius 2 is 2.07 bits per heavy atom. The molecule has 4 heteroatoms. The highest BCUT2D eigenvalue weighted by molar-refractivity contribution is 5.94. The molecule has 0 saturated heterocycles. The minimum Gasteiger partial charge on any atom is -0.497 e. The van der Waals surface area contributed by atoms with E-state index in [-0.39, 0.29) is 5.95 Å². The monoisotopic (exact) mass is 192 g/mol. The van der Waals surface area contributed by atoms with Crippen molar-refractivity contribution in [1.82, 2.24) is 0 Å². The summed E-state index contributed by atoms with van der Waals surface area (Å²) in [7, 11) is 1.45. The third-order valence-electron chi connectivity index (χ3n) is 1.72. The first-order chi connectivity index (χ1) is 6.81. The molecule has 0 atom stereocenters. The number of carbonyl (C=O) groups is 1. The number of esters is 1. The number of cyclic esters (lactones) is 1. The van der Waals surface area contributed by atoms with Gasteiger partial charge in [-0.15, -0.1) is 0 Å². The lowest BCUT2D eigenvalue weighted by molar-refractivity contribution is 0.0373. The summed E-state index contributed by atoms with van der Waals surface area (Å²) in [5.41, 5.74) is 0.417. The van der Waals surface area contributed by atoms with E-state index in [2.05, 4.69) is 4.74 Å². The maximum atomic E-state index is 11.4. The molecular weight excluding hydrogens is 184 g/mol. The van der Waals surface area contributed by atoms with Crippen LogP contribution in [0, 0.1) is 0 Å². The number of methoxy groups -OCH3 is 1. The Labute approximate surface area is 80.7 Å². The standard InChI is InChI=1S/C10H8O4/c1-12-6-9-13-8-5-3-2-4-7(8)10(11)14-9/h2-6H,1H3/b9-6-. The molecule has 2 rings (SSSR count). The van der Waals surface area contributed by atoms with Crippen LogP contribution in [0.4, 0.5) is 0 Å². The van der Waals surface area contributed by atoms with Gasteiger partial charge in [-0.25, -0.2) is 4.79 Å².